The van der Waals surface area contributed by atoms with Crippen LogP contribution >= 0.6 is 11.6 Å². The Kier molecular flexibility index (Phi) is 3.75. The van der Waals surface area contributed by atoms with E-state index in [1.165, 1.54) is 16.6 Å². The number of hydrogen-bond acceptors (Lipinski definition) is 1. The third-order valence-electron chi connectivity index (χ3n) is 3.03. The molecule has 2 nitrogen and oxygen atoms in total. The molecule has 0 saturated carbocycles. The first kappa shape index (κ1) is 12.5. The average Bonchev–Trinajstić information content (AvgIpc) is 2.63. The van der Waals surface area contributed by atoms with Crippen molar-refractivity contribution in [1.82, 2.24) is 4.57 Å². The van der Waals surface area contributed by atoms with Gasteiger partial charge in [0.15, 0.2) is 0 Å². The van der Waals surface area contributed by atoms with Crippen molar-refractivity contribution in [3.05, 3.63) is 35.0 Å². The first-order valence-electron chi connectivity index (χ1n) is 6.13. The molecular weight excluding hydrogens is 232 g/mol. The van der Waals surface area contributed by atoms with Crippen LogP contribution in [0.5, 0.6) is 0 Å². The largest absolute Gasteiger partial charge is 0.342 e. The average molecular weight is 251 g/mol. The second-order valence-electron chi connectivity index (χ2n) is 4.69. The molecule has 0 spiro atoms. The van der Waals surface area contributed by atoms with E-state index in [9.17, 15) is 0 Å². The van der Waals surface area contributed by atoms with Crippen LogP contribution in [0.2, 0.25) is 5.02 Å². The van der Waals surface area contributed by atoms with E-state index in [-0.39, 0.29) is 0 Å². The summed E-state index contributed by atoms with van der Waals surface area (Å²) >= 11 is 6.03. The van der Waals surface area contributed by atoms with Gasteiger partial charge in [0.1, 0.15) is 0 Å². The van der Waals surface area contributed by atoms with Crippen molar-refractivity contribution in [2.75, 3.05) is 6.54 Å². The minimum absolute atomic E-state index is 0.460. The Morgan fingerprint density at radius 3 is 2.71 bits per heavy atom. The molecule has 1 aromatic carbocycles. The van der Waals surface area contributed by atoms with Gasteiger partial charge in [-0.05, 0) is 57.5 Å². The Labute approximate surface area is 107 Å². The van der Waals surface area contributed by atoms with Crippen LogP contribution in [0.15, 0.2) is 24.3 Å². The molecule has 1 heterocycles. The van der Waals surface area contributed by atoms with Crippen molar-refractivity contribution in [2.45, 2.75) is 32.7 Å². The number of nitrogens with two attached hydrogens (primary N) is 1. The van der Waals surface area contributed by atoms with E-state index >= 15 is 0 Å². The molecular formula is C14H19ClN2. The molecule has 3 heteroatoms. The van der Waals surface area contributed by atoms with Crippen LogP contribution in [0, 0.1) is 0 Å². The minimum Gasteiger partial charge on any atom is -0.342 e. The maximum absolute atomic E-state index is 6.03. The van der Waals surface area contributed by atoms with Crippen LogP contribution in [0.4, 0.5) is 0 Å². The molecule has 2 rings (SSSR count). The van der Waals surface area contributed by atoms with Crippen LogP contribution in [-0.2, 0) is 6.42 Å². The predicted molar refractivity (Wildman–Crippen MR) is 74.7 cm³/mol. The maximum atomic E-state index is 6.03. The first-order valence-corrected chi connectivity index (χ1v) is 6.50. The summed E-state index contributed by atoms with van der Waals surface area (Å²) in [6, 6.07) is 8.78. The van der Waals surface area contributed by atoms with Crippen molar-refractivity contribution in [1.29, 1.82) is 0 Å². The van der Waals surface area contributed by atoms with Gasteiger partial charge in [0.25, 0.3) is 0 Å². The molecule has 0 aliphatic carbocycles. The van der Waals surface area contributed by atoms with Gasteiger partial charge in [-0.25, -0.2) is 0 Å². The third kappa shape index (κ3) is 2.48. The highest BCUT2D eigenvalue weighted by molar-refractivity contribution is 6.31. The van der Waals surface area contributed by atoms with Crippen molar-refractivity contribution in [3.8, 4) is 0 Å². The SMILES string of the molecule is CC(C)n1c(CCCN)cc2cc(Cl)ccc21. The molecule has 0 radical (unpaired) electrons. The zero-order valence-corrected chi connectivity index (χ0v) is 11.2. The van der Waals surface area contributed by atoms with Gasteiger partial charge < -0.3 is 10.3 Å². The molecule has 0 saturated heterocycles. The smallest absolute Gasteiger partial charge is 0.0485 e. The lowest BCUT2D eigenvalue weighted by Crippen LogP contribution is -2.07. The number of nitrogens with zero attached hydrogens (tertiary/aromatic N) is 1. The molecule has 0 unspecified atom stereocenters. The number of benzene rings is 1. The lowest BCUT2D eigenvalue weighted by Gasteiger charge is -2.14. The van der Waals surface area contributed by atoms with Gasteiger partial charge in [0, 0.05) is 27.7 Å². The Balaban J connectivity index is 2.53. The lowest BCUT2D eigenvalue weighted by atomic mass is 10.2. The highest BCUT2D eigenvalue weighted by atomic mass is 35.5. The molecule has 2 N–H and O–H groups in total. The van der Waals surface area contributed by atoms with Gasteiger partial charge in [-0.3, -0.25) is 0 Å². The zero-order chi connectivity index (χ0) is 12.4. The predicted octanol–water partition coefficient (Wildman–Crippen LogP) is 3.77. The number of fused-ring (bicyclic) bond motifs is 1. The topological polar surface area (TPSA) is 30.9 Å². The van der Waals surface area contributed by atoms with Gasteiger partial charge in [-0.2, -0.15) is 0 Å². The summed E-state index contributed by atoms with van der Waals surface area (Å²) in [5.74, 6) is 0. The Hall–Kier alpha value is -0.990. The van der Waals surface area contributed by atoms with E-state index in [0.717, 1.165) is 24.4 Å². The van der Waals surface area contributed by atoms with Crippen molar-refractivity contribution in [2.24, 2.45) is 5.73 Å². The Morgan fingerprint density at radius 2 is 2.06 bits per heavy atom. The molecule has 17 heavy (non-hydrogen) atoms. The molecule has 0 atom stereocenters. The fraction of sp³-hybridized carbons (Fsp3) is 0.429. The number of aromatic nitrogens is 1. The second-order valence-corrected chi connectivity index (χ2v) is 5.13. The molecule has 0 bridgehead atoms. The lowest BCUT2D eigenvalue weighted by molar-refractivity contribution is 0.587. The summed E-state index contributed by atoms with van der Waals surface area (Å²) in [6.07, 6.45) is 2.05. The second kappa shape index (κ2) is 5.11. The third-order valence-corrected chi connectivity index (χ3v) is 3.27. The van der Waals surface area contributed by atoms with Crippen LogP contribution in [0.3, 0.4) is 0 Å². The summed E-state index contributed by atoms with van der Waals surface area (Å²) in [5.41, 5.74) is 8.20. The summed E-state index contributed by atoms with van der Waals surface area (Å²) in [4.78, 5) is 0. The summed E-state index contributed by atoms with van der Waals surface area (Å²) in [5, 5.41) is 2.02. The first-order chi connectivity index (χ1) is 8.13. The molecule has 0 aliphatic heterocycles. The van der Waals surface area contributed by atoms with Crippen LogP contribution in [0.25, 0.3) is 10.9 Å². The van der Waals surface area contributed by atoms with E-state index in [1.54, 1.807) is 0 Å². The van der Waals surface area contributed by atoms with E-state index in [4.69, 9.17) is 17.3 Å². The molecule has 0 amide bonds. The van der Waals surface area contributed by atoms with E-state index < -0.39 is 0 Å². The fourth-order valence-electron chi connectivity index (χ4n) is 2.35. The monoisotopic (exact) mass is 250 g/mol. The van der Waals surface area contributed by atoms with Crippen LogP contribution in [-0.4, -0.2) is 11.1 Å². The normalized spacial score (nSPS) is 11.6. The van der Waals surface area contributed by atoms with Gasteiger partial charge in [0.2, 0.25) is 0 Å². The summed E-state index contributed by atoms with van der Waals surface area (Å²) < 4.78 is 2.38. The van der Waals surface area contributed by atoms with Gasteiger partial charge in [-0.15, -0.1) is 0 Å². The van der Waals surface area contributed by atoms with Gasteiger partial charge >= 0.3 is 0 Å². The Morgan fingerprint density at radius 1 is 1.29 bits per heavy atom. The van der Waals surface area contributed by atoms with Crippen molar-refractivity contribution in [3.63, 3.8) is 0 Å². The van der Waals surface area contributed by atoms with E-state index in [0.29, 0.717) is 6.04 Å². The standard InChI is InChI=1S/C14H19ClN2/c1-10(2)17-13(4-3-7-16)9-11-8-12(15)5-6-14(11)17/h5-6,8-10H,3-4,7,16H2,1-2H3. The van der Waals surface area contributed by atoms with Crippen LogP contribution in [0.1, 0.15) is 32.0 Å². The van der Waals surface area contributed by atoms with Gasteiger partial charge in [-0.1, -0.05) is 11.6 Å². The van der Waals surface area contributed by atoms with E-state index in [1.807, 2.05) is 12.1 Å². The van der Waals surface area contributed by atoms with Crippen molar-refractivity contribution >= 4 is 22.5 Å². The molecule has 92 valence electrons. The van der Waals surface area contributed by atoms with E-state index in [2.05, 4.69) is 30.5 Å². The number of hydrogen-bond donors (Lipinski definition) is 1. The Bertz CT molecular complexity index is 514. The number of rotatable bonds is 4. The van der Waals surface area contributed by atoms with Crippen LogP contribution < -0.4 is 5.73 Å². The molecule has 2 aromatic rings. The van der Waals surface area contributed by atoms with Gasteiger partial charge in [0.05, 0.1) is 0 Å². The summed E-state index contributed by atoms with van der Waals surface area (Å²) in [6.45, 7) is 5.15. The molecule has 0 aliphatic rings. The quantitative estimate of drug-likeness (QED) is 0.880. The highest BCUT2D eigenvalue weighted by Crippen LogP contribution is 2.27. The number of aryl methyl sites for hydroxylation is 1. The fourth-order valence-corrected chi connectivity index (χ4v) is 2.53. The van der Waals surface area contributed by atoms with Crippen molar-refractivity contribution < 1.29 is 0 Å². The summed E-state index contributed by atoms with van der Waals surface area (Å²) in [7, 11) is 0. The number of halogens is 1. The highest BCUT2D eigenvalue weighted by Gasteiger charge is 2.11. The molecule has 0 fully saturated rings. The maximum Gasteiger partial charge on any atom is 0.0485 e. The minimum atomic E-state index is 0.460. The molecule has 1 aromatic heterocycles. The zero-order valence-electron chi connectivity index (χ0n) is 10.4.